The number of furan rings is 1. The fourth-order valence-corrected chi connectivity index (χ4v) is 6.96. The minimum Gasteiger partial charge on any atom is -0.456 e. The smallest absolute Gasteiger partial charge is 0.214 e. The number of nitrogens with zero attached hydrogens (tertiary/aromatic N) is 3. The molecule has 4 aromatic heterocycles. The van der Waals surface area contributed by atoms with Crippen molar-refractivity contribution in [1.82, 2.24) is 14.5 Å². The Bertz CT molecular complexity index is 2240. The minimum atomic E-state index is -0.469. The van der Waals surface area contributed by atoms with Crippen molar-refractivity contribution < 1.29 is 8.81 Å². The molecule has 0 spiro atoms. The highest BCUT2D eigenvalue weighted by Crippen LogP contribution is 2.42. The van der Waals surface area contributed by atoms with E-state index >= 15 is 0 Å². The van der Waals surface area contributed by atoms with E-state index in [0.717, 1.165) is 76.6 Å². The lowest BCUT2D eigenvalue weighted by Crippen LogP contribution is -2.03. The van der Waals surface area contributed by atoms with Gasteiger partial charge in [-0.25, -0.2) is 9.97 Å². The number of rotatable bonds is 2. The first kappa shape index (κ1) is 21.5. The monoisotopic (exact) mass is 513 g/mol. The first-order valence-electron chi connectivity index (χ1n) is 12.5. The van der Waals surface area contributed by atoms with Gasteiger partial charge in [0, 0.05) is 37.4 Å². The van der Waals surface area contributed by atoms with Gasteiger partial charge in [-0.2, -0.15) is 4.39 Å². The van der Waals surface area contributed by atoms with Gasteiger partial charge in [0.2, 0.25) is 5.95 Å². The van der Waals surface area contributed by atoms with Crippen LogP contribution >= 0.6 is 11.3 Å². The maximum Gasteiger partial charge on any atom is 0.214 e. The molecule has 4 aromatic carbocycles. The molecular formula is C32H20FN3OS. The van der Waals surface area contributed by atoms with Crippen LogP contribution in [0.1, 0.15) is 11.1 Å². The van der Waals surface area contributed by atoms with Gasteiger partial charge in [0.1, 0.15) is 21.8 Å². The number of aromatic nitrogens is 3. The van der Waals surface area contributed by atoms with E-state index in [4.69, 9.17) is 9.40 Å². The van der Waals surface area contributed by atoms with Gasteiger partial charge in [-0.05, 0) is 61.9 Å². The first-order chi connectivity index (χ1) is 18.6. The molecule has 0 saturated heterocycles. The molecule has 0 aliphatic heterocycles. The van der Waals surface area contributed by atoms with Crippen LogP contribution in [-0.2, 0) is 0 Å². The zero-order valence-corrected chi connectivity index (χ0v) is 21.4. The second-order valence-corrected chi connectivity index (χ2v) is 10.7. The minimum absolute atomic E-state index is 0.469. The van der Waals surface area contributed by atoms with E-state index in [1.54, 1.807) is 0 Å². The number of para-hydroxylation sites is 3. The number of thiophene rings is 1. The van der Waals surface area contributed by atoms with Gasteiger partial charge in [0.15, 0.2) is 0 Å². The molecule has 0 fully saturated rings. The molecule has 0 amide bonds. The van der Waals surface area contributed by atoms with Crippen LogP contribution in [0.15, 0.2) is 89.3 Å². The van der Waals surface area contributed by atoms with E-state index in [1.807, 2.05) is 48.5 Å². The van der Waals surface area contributed by atoms with Crippen molar-refractivity contribution in [3.05, 3.63) is 102 Å². The molecule has 0 aliphatic rings. The summed E-state index contributed by atoms with van der Waals surface area (Å²) in [6.07, 6.45) is 0. The average molecular weight is 514 g/mol. The lowest BCUT2D eigenvalue weighted by atomic mass is 10.0. The molecular weight excluding hydrogens is 493 g/mol. The van der Waals surface area contributed by atoms with Crippen LogP contribution in [0.2, 0.25) is 0 Å². The fourth-order valence-electron chi connectivity index (χ4n) is 5.78. The number of aryl methyl sites for hydroxylation is 2. The summed E-state index contributed by atoms with van der Waals surface area (Å²) in [6.45, 7) is 4.27. The standard InChI is InChI=1S/C32H20FN3OS/c1-17-16-23-19-8-3-6-13-26(19)37-29(23)18(2)28(17)36-25-12-5-4-11-24(25)34-31(36)22-10-7-9-20-21-14-15-27(33)35-32(21)38-30(20)22/h3-16H,1-2H3. The summed E-state index contributed by atoms with van der Waals surface area (Å²) in [5.41, 5.74) is 7.95. The predicted octanol–water partition coefficient (Wildman–Crippen LogP) is 9.11. The van der Waals surface area contributed by atoms with Crippen LogP contribution in [0.5, 0.6) is 0 Å². The van der Waals surface area contributed by atoms with Crippen molar-refractivity contribution in [2.75, 3.05) is 0 Å². The van der Waals surface area contributed by atoms with Crippen LogP contribution in [0.25, 0.3) is 70.3 Å². The van der Waals surface area contributed by atoms with Crippen molar-refractivity contribution in [3.63, 3.8) is 0 Å². The van der Waals surface area contributed by atoms with Gasteiger partial charge < -0.3 is 4.42 Å². The lowest BCUT2D eigenvalue weighted by molar-refractivity contribution is 0.590. The highest BCUT2D eigenvalue weighted by atomic mass is 32.1. The highest BCUT2D eigenvalue weighted by molar-refractivity contribution is 7.26. The van der Waals surface area contributed by atoms with Gasteiger partial charge >= 0.3 is 0 Å². The summed E-state index contributed by atoms with van der Waals surface area (Å²) in [6, 6.07) is 28.0. The molecule has 0 aliphatic carbocycles. The van der Waals surface area contributed by atoms with Crippen LogP contribution in [0, 0.1) is 19.8 Å². The summed E-state index contributed by atoms with van der Waals surface area (Å²) in [5, 5.41) is 4.23. The average Bonchev–Trinajstić information content (AvgIpc) is 3.60. The molecule has 4 nitrogen and oxygen atoms in total. The van der Waals surface area contributed by atoms with E-state index in [2.05, 4.69) is 53.7 Å². The highest BCUT2D eigenvalue weighted by Gasteiger charge is 2.23. The Balaban J connectivity index is 1.49. The lowest BCUT2D eigenvalue weighted by Gasteiger charge is -2.16. The number of pyridine rings is 1. The topological polar surface area (TPSA) is 43.9 Å². The number of halogens is 1. The Kier molecular flexibility index (Phi) is 4.38. The number of hydrogen-bond donors (Lipinski definition) is 0. The van der Waals surface area contributed by atoms with E-state index in [9.17, 15) is 4.39 Å². The molecule has 8 aromatic rings. The van der Waals surface area contributed by atoms with Gasteiger partial charge in [-0.15, -0.1) is 11.3 Å². The maximum absolute atomic E-state index is 14.0. The Hall–Kier alpha value is -4.55. The molecule has 0 saturated carbocycles. The third-order valence-corrected chi connectivity index (χ3v) is 8.57. The summed E-state index contributed by atoms with van der Waals surface area (Å²) < 4.78 is 23.6. The Morgan fingerprint density at radius 1 is 0.789 bits per heavy atom. The molecule has 182 valence electrons. The van der Waals surface area contributed by atoms with Gasteiger partial charge in [-0.1, -0.05) is 42.5 Å². The molecule has 8 rings (SSSR count). The van der Waals surface area contributed by atoms with Crippen LogP contribution < -0.4 is 0 Å². The number of fused-ring (bicyclic) bond motifs is 7. The zero-order valence-electron chi connectivity index (χ0n) is 20.6. The number of hydrogen-bond acceptors (Lipinski definition) is 4. The van der Waals surface area contributed by atoms with E-state index < -0.39 is 5.95 Å². The normalized spacial score (nSPS) is 12.1. The van der Waals surface area contributed by atoms with Crippen molar-refractivity contribution >= 4 is 64.6 Å². The quantitative estimate of drug-likeness (QED) is 0.217. The largest absolute Gasteiger partial charge is 0.456 e. The molecule has 0 bridgehead atoms. The molecule has 38 heavy (non-hydrogen) atoms. The van der Waals surface area contributed by atoms with Crippen molar-refractivity contribution in [2.45, 2.75) is 13.8 Å². The molecule has 0 N–H and O–H groups in total. The Labute approximate surface area is 220 Å². The molecule has 4 heterocycles. The van der Waals surface area contributed by atoms with E-state index in [1.165, 1.54) is 17.4 Å². The SMILES string of the molecule is Cc1cc2c(oc3ccccc32)c(C)c1-n1c(-c2cccc3c2sc2nc(F)ccc23)nc2ccccc21. The first-order valence-corrected chi connectivity index (χ1v) is 13.3. The molecule has 0 unspecified atom stereocenters. The maximum atomic E-state index is 14.0. The van der Waals surface area contributed by atoms with Crippen molar-refractivity contribution in [2.24, 2.45) is 0 Å². The molecule has 6 heteroatoms. The van der Waals surface area contributed by atoms with Gasteiger partial charge in [0.05, 0.1) is 16.7 Å². The second kappa shape index (κ2) is 7.73. The summed E-state index contributed by atoms with van der Waals surface area (Å²) in [7, 11) is 0. The van der Waals surface area contributed by atoms with Crippen molar-refractivity contribution in [1.29, 1.82) is 0 Å². The Morgan fingerprint density at radius 2 is 1.61 bits per heavy atom. The van der Waals surface area contributed by atoms with E-state index in [0.29, 0.717) is 4.83 Å². The number of imidazole rings is 1. The summed E-state index contributed by atoms with van der Waals surface area (Å²) >= 11 is 1.50. The molecule has 0 atom stereocenters. The predicted molar refractivity (Wildman–Crippen MR) is 154 cm³/mol. The summed E-state index contributed by atoms with van der Waals surface area (Å²) in [4.78, 5) is 10.00. The van der Waals surface area contributed by atoms with Crippen LogP contribution in [-0.4, -0.2) is 14.5 Å². The third-order valence-electron chi connectivity index (χ3n) is 7.42. The fraction of sp³-hybridized carbons (Fsp3) is 0.0625. The Morgan fingerprint density at radius 3 is 2.53 bits per heavy atom. The van der Waals surface area contributed by atoms with Crippen molar-refractivity contribution in [3.8, 4) is 17.1 Å². The van der Waals surface area contributed by atoms with Crippen LogP contribution in [0.4, 0.5) is 4.39 Å². The summed E-state index contributed by atoms with van der Waals surface area (Å²) in [5.74, 6) is 0.369. The second-order valence-electron chi connectivity index (χ2n) is 9.67. The van der Waals surface area contributed by atoms with Crippen LogP contribution in [0.3, 0.4) is 0 Å². The van der Waals surface area contributed by atoms with Gasteiger partial charge in [0.25, 0.3) is 0 Å². The molecule has 0 radical (unpaired) electrons. The number of benzene rings is 4. The van der Waals surface area contributed by atoms with E-state index in [-0.39, 0.29) is 0 Å². The van der Waals surface area contributed by atoms with Gasteiger partial charge in [-0.3, -0.25) is 4.57 Å². The zero-order chi connectivity index (χ0) is 25.5. The third kappa shape index (κ3) is 2.89.